The van der Waals surface area contributed by atoms with Crippen molar-refractivity contribution in [1.29, 1.82) is 0 Å². The molecule has 2 amide bonds. The van der Waals surface area contributed by atoms with Crippen LogP contribution < -0.4 is 15.1 Å². The highest BCUT2D eigenvalue weighted by Gasteiger charge is 2.33. The third kappa shape index (κ3) is 6.65. The van der Waals surface area contributed by atoms with Gasteiger partial charge in [-0.2, -0.15) is 14.4 Å². The van der Waals surface area contributed by atoms with Gasteiger partial charge < -0.3 is 9.47 Å². The molecule has 222 valence electrons. The predicted molar refractivity (Wildman–Crippen MR) is 161 cm³/mol. The maximum Gasteiger partial charge on any atom is 0.411 e. The van der Waals surface area contributed by atoms with Crippen molar-refractivity contribution in [2.75, 3.05) is 30.5 Å². The number of hydrogen-bond donors (Lipinski definition) is 1. The number of benzene rings is 3. The molecule has 1 fully saturated rings. The first-order chi connectivity index (χ1) is 20.7. The second kappa shape index (κ2) is 12.6. The first kappa shape index (κ1) is 29.7. The standard InChI is InChI=1S/C31H30N4O7S/c1-21-28(29(36)35(33-21)25-6-4-3-5-7-25)20-22-8-12-26(13-9-22)42-30(37)23-16-18-34(19-17-23)43(39,40)27-14-10-24(11-15-27)32-31(38)41-2/h3-15,20,23H,16-19H2,1-2H3,(H,32,38). The molecule has 0 unspecified atom stereocenters. The minimum Gasteiger partial charge on any atom is -0.453 e. The molecule has 2 heterocycles. The van der Waals surface area contributed by atoms with E-state index in [1.165, 1.54) is 40.7 Å². The number of hydrogen-bond acceptors (Lipinski definition) is 8. The van der Waals surface area contributed by atoms with Crippen molar-refractivity contribution in [3.8, 4) is 5.75 Å². The number of ether oxygens (including phenoxy) is 2. The van der Waals surface area contributed by atoms with Gasteiger partial charge in [-0.25, -0.2) is 13.2 Å². The molecule has 5 rings (SSSR count). The Labute approximate surface area is 249 Å². The Morgan fingerprint density at radius 2 is 1.60 bits per heavy atom. The molecule has 1 saturated heterocycles. The maximum absolute atomic E-state index is 13.1. The van der Waals surface area contributed by atoms with Crippen LogP contribution in [0, 0.1) is 5.92 Å². The second-order valence-electron chi connectivity index (χ2n) is 10.0. The van der Waals surface area contributed by atoms with Gasteiger partial charge >= 0.3 is 12.1 Å². The van der Waals surface area contributed by atoms with Gasteiger partial charge in [0.2, 0.25) is 10.0 Å². The third-order valence-electron chi connectivity index (χ3n) is 7.18. The molecular formula is C31H30N4O7S. The van der Waals surface area contributed by atoms with E-state index in [1.54, 1.807) is 37.3 Å². The average Bonchev–Trinajstić information content (AvgIpc) is 3.31. The summed E-state index contributed by atoms with van der Waals surface area (Å²) in [5.41, 5.74) is 2.92. The molecule has 2 aliphatic rings. The monoisotopic (exact) mass is 602 g/mol. The van der Waals surface area contributed by atoms with Crippen molar-refractivity contribution in [3.63, 3.8) is 0 Å². The number of para-hydroxylation sites is 1. The van der Waals surface area contributed by atoms with Gasteiger partial charge in [0.1, 0.15) is 5.75 Å². The Kier molecular flexibility index (Phi) is 8.69. The molecular weight excluding hydrogens is 572 g/mol. The molecule has 0 radical (unpaired) electrons. The quantitative estimate of drug-likeness (QED) is 0.236. The van der Waals surface area contributed by atoms with Crippen LogP contribution >= 0.6 is 0 Å². The first-order valence-corrected chi connectivity index (χ1v) is 15.0. The molecule has 3 aromatic rings. The fourth-order valence-corrected chi connectivity index (χ4v) is 6.26. The van der Waals surface area contributed by atoms with Gasteiger partial charge in [0.25, 0.3) is 5.91 Å². The van der Waals surface area contributed by atoms with Crippen molar-refractivity contribution >= 4 is 51.2 Å². The summed E-state index contributed by atoms with van der Waals surface area (Å²) in [5, 5.41) is 8.23. The van der Waals surface area contributed by atoms with Crippen LogP contribution in [0.2, 0.25) is 0 Å². The molecule has 0 bridgehead atoms. The van der Waals surface area contributed by atoms with E-state index in [1.807, 2.05) is 30.3 Å². The summed E-state index contributed by atoms with van der Waals surface area (Å²) in [5.74, 6) is -0.732. The summed E-state index contributed by atoms with van der Waals surface area (Å²) in [7, 11) is -2.53. The molecule has 0 spiro atoms. The fourth-order valence-electron chi connectivity index (χ4n) is 4.79. The largest absolute Gasteiger partial charge is 0.453 e. The molecule has 0 atom stereocenters. The van der Waals surface area contributed by atoms with Crippen molar-refractivity contribution in [3.05, 3.63) is 90.0 Å². The van der Waals surface area contributed by atoms with Crippen LogP contribution in [0.5, 0.6) is 5.75 Å². The molecule has 2 aliphatic heterocycles. The topological polar surface area (TPSA) is 135 Å². The number of esters is 1. The highest BCUT2D eigenvalue weighted by Crippen LogP contribution is 2.28. The fraction of sp³-hybridized carbons (Fsp3) is 0.226. The molecule has 3 aromatic carbocycles. The van der Waals surface area contributed by atoms with E-state index in [4.69, 9.17) is 4.74 Å². The molecule has 0 aromatic heterocycles. The van der Waals surface area contributed by atoms with E-state index >= 15 is 0 Å². The number of carbonyl (C=O) groups excluding carboxylic acids is 3. The number of nitrogens with zero attached hydrogens (tertiary/aromatic N) is 3. The predicted octanol–water partition coefficient (Wildman–Crippen LogP) is 4.68. The smallest absolute Gasteiger partial charge is 0.411 e. The summed E-state index contributed by atoms with van der Waals surface area (Å²) in [4.78, 5) is 37.2. The Balaban J connectivity index is 1.15. The van der Waals surface area contributed by atoms with Crippen molar-refractivity contribution in [2.24, 2.45) is 11.0 Å². The van der Waals surface area contributed by atoms with E-state index < -0.39 is 28.0 Å². The van der Waals surface area contributed by atoms with Gasteiger partial charge in [-0.15, -0.1) is 0 Å². The van der Waals surface area contributed by atoms with Gasteiger partial charge in [-0.1, -0.05) is 30.3 Å². The maximum atomic E-state index is 13.1. The van der Waals surface area contributed by atoms with E-state index in [-0.39, 0.29) is 23.9 Å². The Morgan fingerprint density at radius 3 is 2.23 bits per heavy atom. The minimum atomic E-state index is -3.77. The molecule has 0 aliphatic carbocycles. The van der Waals surface area contributed by atoms with Crippen molar-refractivity contribution < 1.29 is 32.3 Å². The number of amides is 2. The summed E-state index contributed by atoms with van der Waals surface area (Å²) < 4.78 is 37.6. The van der Waals surface area contributed by atoms with E-state index in [2.05, 4.69) is 15.2 Å². The van der Waals surface area contributed by atoms with Crippen LogP contribution in [-0.2, 0) is 24.3 Å². The van der Waals surface area contributed by atoms with Gasteiger partial charge in [0.15, 0.2) is 0 Å². The zero-order chi connectivity index (χ0) is 30.6. The number of anilines is 2. The Hall–Kier alpha value is -4.81. The summed E-state index contributed by atoms with van der Waals surface area (Å²) >= 11 is 0. The van der Waals surface area contributed by atoms with Crippen molar-refractivity contribution in [2.45, 2.75) is 24.7 Å². The number of rotatable bonds is 7. The van der Waals surface area contributed by atoms with E-state index in [9.17, 15) is 22.8 Å². The molecule has 0 saturated carbocycles. The van der Waals surface area contributed by atoms with Crippen LogP contribution in [-0.4, -0.2) is 56.6 Å². The lowest BCUT2D eigenvalue weighted by Gasteiger charge is -2.30. The number of hydrazone groups is 1. The highest BCUT2D eigenvalue weighted by molar-refractivity contribution is 7.89. The molecule has 43 heavy (non-hydrogen) atoms. The summed E-state index contributed by atoms with van der Waals surface area (Å²) in [6, 6.07) is 21.8. The van der Waals surface area contributed by atoms with Gasteiger partial charge in [0.05, 0.1) is 34.9 Å². The zero-order valence-corrected chi connectivity index (χ0v) is 24.4. The van der Waals surface area contributed by atoms with Gasteiger partial charge in [-0.05, 0) is 79.9 Å². The van der Waals surface area contributed by atoms with Crippen molar-refractivity contribution in [1.82, 2.24) is 4.31 Å². The lowest BCUT2D eigenvalue weighted by atomic mass is 9.98. The number of methoxy groups -OCH3 is 1. The lowest BCUT2D eigenvalue weighted by molar-refractivity contribution is -0.140. The third-order valence-corrected chi connectivity index (χ3v) is 9.10. The summed E-state index contributed by atoms with van der Waals surface area (Å²) in [6.07, 6.45) is 1.74. The lowest BCUT2D eigenvalue weighted by Crippen LogP contribution is -2.41. The van der Waals surface area contributed by atoms with Gasteiger partial charge in [-0.3, -0.25) is 14.9 Å². The number of sulfonamides is 1. The average molecular weight is 603 g/mol. The van der Waals surface area contributed by atoms with Crippen LogP contribution in [0.15, 0.2) is 94.4 Å². The first-order valence-electron chi connectivity index (χ1n) is 13.6. The SMILES string of the molecule is COC(=O)Nc1ccc(S(=O)(=O)N2CCC(C(=O)Oc3ccc(C=C4C(=O)N(c5ccccc5)N=C4C)cc3)CC2)cc1. The zero-order valence-electron chi connectivity index (χ0n) is 23.6. The van der Waals surface area contributed by atoms with Crippen LogP contribution in [0.25, 0.3) is 6.08 Å². The minimum absolute atomic E-state index is 0.0903. The van der Waals surface area contributed by atoms with Crippen LogP contribution in [0.1, 0.15) is 25.3 Å². The van der Waals surface area contributed by atoms with E-state index in [0.717, 1.165) is 5.56 Å². The number of carbonyl (C=O) groups is 3. The van der Waals surface area contributed by atoms with Crippen LogP contribution in [0.4, 0.5) is 16.2 Å². The van der Waals surface area contributed by atoms with Gasteiger partial charge in [0, 0.05) is 18.8 Å². The molecule has 11 nitrogen and oxygen atoms in total. The molecule has 1 N–H and O–H groups in total. The molecule has 12 heteroatoms. The second-order valence-corrected chi connectivity index (χ2v) is 11.9. The highest BCUT2D eigenvalue weighted by atomic mass is 32.2. The normalized spacial score (nSPS) is 17.1. The number of nitrogens with one attached hydrogen (secondary N) is 1. The Morgan fingerprint density at radius 1 is 0.953 bits per heavy atom. The summed E-state index contributed by atoms with van der Waals surface area (Å²) in [6.45, 7) is 2.12. The van der Waals surface area contributed by atoms with Crippen LogP contribution in [0.3, 0.4) is 0 Å². The van der Waals surface area contributed by atoms with E-state index in [0.29, 0.717) is 41.3 Å². The number of piperidine rings is 1. The Bertz CT molecular complexity index is 1680.